The van der Waals surface area contributed by atoms with Gasteiger partial charge in [-0.05, 0) is 25.8 Å². The van der Waals surface area contributed by atoms with Crippen LogP contribution >= 0.6 is 23.4 Å². The summed E-state index contributed by atoms with van der Waals surface area (Å²) in [4.78, 5) is 21.2. The van der Waals surface area contributed by atoms with E-state index in [4.69, 9.17) is 27.1 Å². The average Bonchev–Trinajstić information content (AvgIpc) is 3.05. The Morgan fingerprint density at radius 3 is 2.81 bits per heavy atom. The van der Waals surface area contributed by atoms with E-state index in [-0.39, 0.29) is 5.54 Å². The monoisotopic (exact) mass is 404 g/mol. The third-order valence-electron chi connectivity index (χ3n) is 4.86. The van der Waals surface area contributed by atoms with E-state index in [0.717, 1.165) is 53.1 Å². The fraction of sp³-hybridized carbons (Fsp3) is 0.444. The molecule has 2 aromatic heterocycles. The molecule has 0 saturated carbocycles. The lowest BCUT2D eigenvalue weighted by atomic mass is 9.91. The number of ether oxygens (including phenoxy) is 1. The molecule has 0 amide bonds. The van der Waals surface area contributed by atoms with Crippen molar-refractivity contribution in [1.29, 1.82) is 0 Å². The molecule has 9 heteroatoms. The van der Waals surface area contributed by atoms with E-state index in [9.17, 15) is 0 Å². The maximum atomic E-state index is 6.35. The highest BCUT2D eigenvalue weighted by molar-refractivity contribution is 8.14. The van der Waals surface area contributed by atoms with Crippen molar-refractivity contribution >= 4 is 34.2 Å². The van der Waals surface area contributed by atoms with Gasteiger partial charge in [-0.2, -0.15) is 0 Å². The molecular formula is C18H21ClN6OS. The molecule has 2 N–H and O–H groups in total. The molecule has 142 valence electrons. The lowest BCUT2D eigenvalue weighted by Crippen LogP contribution is -2.48. The standard InChI is InChI=1S/C18H21ClN6OS/c1-18(20)4-7-25(8-5-18)13-10-22-15-11(24-13)9-23-17(15)27-12-3-6-21-16(26-2)14(12)19/h3,6,10H,4-5,7-9,20H2,1-2H3. The van der Waals surface area contributed by atoms with Crippen LogP contribution in [0.25, 0.3) is 0 Å². The number of thioether (sulfide) groups is 1. The summed E-state index contributed by atoms with van der Waals surface area (Å²) in [5.41, 5.74) is 7.85. The zero-order valence-electron chi connectivity index (χ0n) is 15.3. The summed E-state index contributed by atoms with van der Waals surface area (Å²) >= 11 is 7.80. The Morgan fingerprint density at radius 2 is 2.07 bits per heavy atom. The molecule has 1 saturated heterocycles. The molecule has 2 aliphatic heterocycles. The molecule has 0 aliphatic carbocycles. The smallest absolute Gasteiger partial charge is 0.233 e. The summed E-state index contributed by atoms with van der Waals surface area (Å²) in [6.07, 6.45) is 5.39. The van der Waals surface area contributed by atoms with Crippen molar-refractivity contribution < 1.29 is 4.74 Å². The summed E-state index contributed by atoms with van der Waals surface area (Å²) < 4.78 is 5.18. The Kier molecular flexibility index (Phi) is 4.96. The van der Waals surface area contributed by atoms with Gasteiger partial charge in [-0.25, -0.2) is 15.0 Å². The predicted octanol–water partition coefficient (Wildman–Crippen LogP) is 2.90. The number of nitrogens with zero attached hydrogens (tertiary/aromatic N) is 5. The van der Waals surface area contributed by atoms with Gasteiger partial charge in [0.1, 0.15) is 21.6 Å². The number of piperidine rings is 1. The fourth-order valence-electron chi connectivity index (χ4n) is 3.14. The van der Waals surface area contributed by atoms with Crippen LogP contribution in [0.15, 0.2) is 28.3 Å². The van der Waals surface area contributed by atoms with Gasteiger partial charge in [0.15, 0.2) is 0 Å². The van der Waals surface area contributed by atoms with Crippen molar-refractivity contribution in [3.05, 3.63) is 34.9 Å². The number of methoxy groups -OCH3 is 1. The summed E-state index contributed by atoms with van der Waals surface area (Å²) in [6, 6.07) is 1.84. The summed E-state index contributed by atoms with van der Waals surface area (Å²) in [5, 5.41) is 1.29. The van der Waals surface area contributed by atoms with Crippen LogP contribution in [0.3, 0.4) is 0 Å². The molecular weight excluding hydrogens is 384 g/mol. The normalized spacial score (nSPS) is 18.2. The molecule has 27 heavy (non-hydrogen) atoms. The first-order chi connectivity index (χ1) is 13.0. The van der Waals surface area contributed by atoms with E-state index in [1.807, 2.05) is 12.3 Å². The molecule has 4 heterocycles. The molecule has 0 spiro atoms. The number of hydrogen-bond acceptors (Lipinski definition) is 8. The molecule has 7 nitrogen and oxygen atoms in total. The largest absolute Gasteiger partial charge is 0.480 e. The lowest BCUT2D eigenvalue weighted by Gasteiger charge is -2.37. The van der Waals surface area contributed by atoms with Gasteiger partial charge < -0.3 is 15.4 Å². The molecule has 0 bridgehead atoms. The highest BCUT2D eigenvalue weighted by Gasteiger charge is 2.28. The number of nitrogens with two attached hydrogens (primary N) is 1. The third kappa shape index (κ3) is 3.74. The van der Waals surface area contributed by atoms with Gasteiger partial charge in [0.2, 0.25) is 5.88 Å². The SMILES string of the molecule is COc1nccc(SC2=NCc3nc(N4CCC(C)(N)CC4)cnc32)c1Cl. The number of rotatable bonds is 3. The Hall–Kier alpha value is -1.90. The Labute approximate surface area is 167 Å². The van der Waals surface area contributed by atoms with E-state index < -0.39 is 0 Å². The summed E-state index contributed by atoms with van der Waals surface area (Å²) in [7, 11) is 1.55. The fourth-order valence-corrected chi connectivity index (χ4v) is 4.36. The molecule has 2 aromatic rings. The van der Waals surface area contributed by atoms with Crippen LogP contribution in [0.4, 0.5) is 5.82 Å². The number of halogens is 1. The molecule has 4 rings (SSSR count). The first-order valence-electron chi connectivity index (χ1n) is 8.78. The van der Waals surface area contributed by atoms with Gasteiger partial charge in [-0.15, -0.1) is 0 Å². The summed E-state index contributed by atoms with van der Waals surface area (Å²) in [5.74, 6) is 1.30. The van der Waals surface area contributed by atoms with Crippen molar-refractivity contribution in [2.45, 2.75) is 36.7 Å². The first kappa shape index (κ1) is 18.5. The minimum absolute atomic E-state index is 0.0849. The van der Waals surface area contributed by atoms with Crippen molar-refractivity contribution in [2.75, 3.05) is 25.1 Å². The van der Waals surface area contributed by atoms with E-state index >= 15 is 0 Å². The van der Waals surface area contributed by atoms with Gasteiger partial charge in [0.25, 0.3) is 0 Å². The van der Waals surface area contributed by atoms with Gasteiger partial charge in [0.05, 0.1) is 25.5 Å². The first-order valence-corrected chi connectivity index (χ1v) is 9.97. The van der Waals surface area contributed by atoms with Gasteiger partial charge >= 0.3 is 0 Å². The van der Waals surface area contributed by atoms with Crippen molar-refractivity contribution in [3.8, 4) is 5.88 Å². The second kappa shape index (κ2) is 7.26. The summed E-state index contributed by atoms with van der Waals surface area (Å²) in [6.45, 7) is 4.43. The van der Waals surface area contributed by atoms with E-state index in [2.05, 4.69) is 26.8 Å². The van der Waals surface area contributed by atoms with Crippen LogP contribution in [0.5, 0.6) is 5.88 Å². The minimum atomic E-state index is -0.0849. The molecule has 2 aliphatic rings. The number of aromatic nitrogens is 3. The quantitative estimate of drug-likeness (QED) is 0.841. The zero-order valence-corrected chi connectivity index (χ0v) is 16.8. The highest BCUT2D eigenvalue weighted by Crippen LogP contribution is 2.37. The zero-order chi connectivity index (χ0) is 19.0. The Morgan fingerprint density at radius 1 is 1.30 bits per heavy atom. The van der Waals surface area contributed by atoms with Gasteiger partial charge in [-0.1, -0.05) is 23.4 Å². The van der Waals surface area contributed by atoms with E-state index in [1.165, 1.54) is 11.8 Å². The van der Waals surface area contributed by atoms with Crippen LogP contribution in [0, 0.1) is 0 Å². The maximum Gasteiger partial charge on any atom is 0.233 e. The predicted molar refractivity (Wildman–Crippen MR) is 108 cm³/mol. The molecule has 1 fully saturated rings. The molecule has 0 radical (unpaired) electrons. The van der Waals surface area contributed by atoms with Crippen LogP contribution in [0.2, 0.25) is 5.02 Å². The van der Waals surface area contributed by atoms with Crippen molar-refractivity contribution in [1.82, 2.24) is 15.0 Å². The van der Waals surface area contributed by atoms with Crippen molar-refractivity contribution in [3.63, 3.8) is 0 Å². The Balaban J connectivity index is 1.52. The van der Waals surface area contributed by atoms with Crippen LogP contribution < -0.4 is 15.4 Å². The minimum Gasteiger partial charge on any atom is -0.480 e. The number of aliphatic imine (C=N–C) groups is 1. The number of fused-ring (bicyclic) bond motifs is 1. The Bertz CT molecular complexity index is 893. The number of pyridine rings is 1. The average molecular weight is 405 g/mol. The lowest BCUT2D eigenvalue weighted by molar-refractivity contribution is 0.363. The number of anilines is 1. The van der Waals surface area contributed by atoms with Crippen LogP contribution in [0.1, 0.15) is 31.2 Å². The van der Waals surface area contributed by atoms with E-state index in [1.54, 1.807) is 13.3 Å². The van der Waals surface area contributed by atoms with E-state index in [0.29, 0.717) is 17.4 Å². The van der Waals surface area contributed by atoms with Gasteiger partial charge in [-0.3, -0.25) is 4.99 Å². The number of hydrogen-bond donors (Lipinski definition) is 1. The molecule has 0 aromatic carbocycles. The molecule has 0 unspecified atom stereocenters. The maximum absolute atomic E-state index is 6.35. The van der Waals surface area contributed by atoms with Crippen molar-refractivity contribution in [2.24, 2.45) is 10.7 Å². The second-order valence-electron chi connectivity index (χ2n) is 7.02. The van der Waals surface area contributed by atoms with Crippen LogP contribution in [-0.4, -0.2) is 45.7 Å². The van der Waals surface area contributed by atoms with Crippen LogP contribution in [-0.2, 0) is 6.54 Å². The topological polar surface area (TPSA) is 89.5 Å². The highest BCUT2D eigenvalue weighted by atomic mass is 35.5. The molecule has 0 atom stereocenters. The van der Waals surface area contributed by atoms with Gasteiger partial charge in [0, 0.05) is 29.7 Å². The second-order valence-corrected chi connectivity index (χ2v) is 8.43. The third-order valence-corrected chi connectivity index (χ3v) is 6.41.